The summed E-state index contributed by atoms with van der Waals surface area (Å²) in [6, 6.07) is -11.4. The number of H-pyrrole nitrogens is 1. The molecule has 1 rings (SSSR count). The third kappa shape index (κ3) is 22.3. The summed E-state index contributed by atoms with van der Waals surface area (Å²) in [5.41, 5.74) is 6.13. The van der Waals surface area contributed by atoms with Crippen molar-refractivity contribution in [3.63, 3.8) is 0 Å². The van der Waals surface area contributed by atoms with Crippen LogP contribution in [0, 0.1) is 23.7 Å². The van der Waals surface area contributed by atoms with Crippen LogP contribution in [0.15, 0.2) is 12.5 Å². The van der Waals surface area contributed by atoms with Gasteiger partial charge in [0.05, 0.1) is 18.8 Å². The minimum Gasteiger partial charge on any atom is -0.481 e. The molecule has 0 aliphatic carbocycles. The second-order valence-electron chi connectivity index (χ2n) is 18.5. The predicted molar refractivity (Wildman–Crippen MR) is 253 cm³/mol. The van der Waals surface area contributed by atoms with Gasteiger partial charge in [0.15, 0.2) is 0 Å². The molecule has 1 aromatic heterocycles. The Morgan fingerprint density at radius 2 is 0.985 bits per heavy atom. The number of rotatable bonds is 31. The summed E-state index contributed by atoms with van der Waals surface area (Å²) in [4.78, 5) is 139. The van der Waals surface area contributed by atoms with Gasteiger partial charge in [-0.05, 0) is 75.2 Å². The van der Waals surface area contributed by atoms with Crippen molar-refractivity contribution in [1.82, 2.24) is 52.5 Å². The van der Waals surface area contributed by atoms with Crippen molar-refractivity contribution in [1.29, 1.82) is 0 Å². The highest BCUT2D eigenvalue weighted by atomic mass is 32.2. The van der Waals surface area contributed by atoms with Crippen LogP contribution >= 0.6 is 11.8 Å². The Kier molecular flexibility index (Phi) is 26.5. The fourth-order valence-corrected chi connectivity index (χ4v) is 7.11. The average molecular weight is 982 g/mol. The van der Waals surface area contributed by atoms with E-state index < -0.39 is 126 Å². The molecule has 1 aromatic rings. The third-order valence-electron chi connectivity index (χ3n) is 10.3. The van der Waals surface area contributed by atoms with Crippen LogP contribution in [0.2, 0.25) is 0 Å². The molecule has 0 unspecified atom stereocenters. The van der Waals surface area contributed by atoms with Crippen LogP contribution < -0.4 is 48.3 Å². The Labute approximate surface area is 402 Å². The standard InChI is InChI=1S/C44H75N11O12S/c1-21(2)14-29(50-37(59)28(12-13-68-11)49-36(58)25(9)45)40(62)54-33(18-34(56)57)41(63)52-30(15-22(3)4)38(60)51-31(16-23(5)6)39(61)53-32(17-27-19-46-20-47-27)42(64)55-35(24(7)8)43(65)48-26(10)44(66)67/h19-26,28-33,35H,12-18,45H2,1-11H3,(H,46,47)(H,48,65)(H,49,58)(H,50,59)(H,51,60)(H,52,63)(H,53,61)(H,54,62)(H,55,64)(H,56,57)(H,66,67)/t25-,26-,28-,29-,30-,31-,32-,33-,35-/m0/s1. The first-order valence-electron chi connectivity index (χ1n) is 22.8. The second-order valence-corrected chi connectivity index (χ2v) is 19.5. The van der Waals surface area contributed by atoms with Gasteiger partial charge >= 0.3 is 11.9 Å². The number of carbonyl (C=O) groups is 10. The molecule has 0 radical (unpaired) electrons. The summed E-state index contributed by atoms with van der Waals surface area (Å²) in [7, 11) is 0. The van der Waals surface area contributed by atoms with Crippen LogP contribution in [0.5, 0.6) is 0 Å². The highest BCUT2D eigenvalue weighted by Crippen LogP contribution is 2.13. The Morgan fingerprint density at radius 1 is 0.574 bits per heavy atom. The number of thioether (sulfide) groups is 1. The predicted octanol–water partition coefficient (Wildman–Crippen LogP) is -0.696. The van der Waals surface area contributed by atoms with Gasteiger partial charge in [-0.1, -0.05) is 55.4 Å². The molecule has 0 saturated carbocycles. The van der Waals surface area contributed by atoms with Crippen molar-refractivity contribution >= 4 is 71.0 Å². The van der Waals surface area contributed by atoms with Crippen LogP contribution in [0.1, 0.15) is 107 Å². The van der Waals surface area contributed by atoms with E-state index in [-0.39, 0.29) is 49.9 Å². The van der Waals surface area contributed by atoms with E-state index in [1.165, 1.54) is 38.1 Å². The van der Waals surface area contributed by atoms with Crippen molar-refractivity contribution in [2.75, 3.05) is 12.0 Å². The maximum absolute atomic E-state index is 14.1. The molecule has 0 saturated heterocycles. The molecule has 0 aliphatic heterocycles. The largest absolute Gasteiger partial charge is 0.481 e. The Bertz CT molecular complexity index is 1860. The maximum Gasteiger partial charge on any atom is 0.325 e. The van der Waals surface area contributed by atoms with E-state index in [0.29, 0.717) is 11.4 Å². The lowest BCUT2D eigenvalue weighted by molar-refractivity contribution is -0.142. The molecule has 1 heterocycles. The van der Waals surface area contributed by atoms with E-state index >= 15 is 0 Å². The van der Waals surface area contributed by atoms with Gasteiger partial charge in [-0.2, -0.15) is 11.8 Å². The van der Waals surface area contributed by atoms with Crippen LogP contribution in [0.4, 0.5) is 0 Å². The zero-order valence-corrected chi connectivity index (χ0v) is 41.8. The number of aromatic amines is 1. The van der Waals surface area contributed by atoms with Crippen molar-refractivity contribution < 1.29 is 58.2 Å². The fraction of sp³-hybridized carbons (Fsp3) is 0.705. The van der Waals surface area contributed by atoms with Crippen molar-refractivity contribution in [3.05, 3.63) is 18.2 Å². The number of imidazole rings is 1. The number of nitrogens with one attached hydrogen (secondary N) is 9. The van der Waals surface area contributed by atoms with Gasteiger partial charge in [-0.15, -0.1) is 0 Å². The van der Waals surface area contributed by atoms with Gasteiger partial charge in [0.2, 0.25) is 47.3 Å². The SMILES string of the molecule is CSCC[C@H](NC(=O)[C@H](C)N)C(=O)N[C@@H](CC(C)C)C(=O)N[C@@H](CC(=O)O)C(=O)N[C@@H](CC(C)C)C(=O)N[C@@H](CC(C)C)C(=O)N[C@@H](Cc1cnc[nH]1)C(=O)N[C@H](C(=O)N[C@@H](C)C(=O)O)C(C)C. The number of carbonyl (C=O) groups excluding carboxylic acids is 8. The smallest absolute Gasteiger partial charge is 0.325 e. The molecule has 0 bridgehead atoms. The van der Waals surface area contributed by atoms with Crippen LogP contribution in [-0.4, -0.2) is 146 Å². The van der Waals surface area contributed by atoms with E-state index in [2.05, 4.69) is 52.5 Å². The average Bonchev–Trinajstić information content (AvgIpc) is 3.74. The van der Waals surface area contributed by atoms with Gasteiger partial charge in [0.1, 0.15) is 48.3 Å². The molecule has 0 aliphatic rings. The first-order chi connectivity index (χ1) is 31.7. The van der Waals surface area contributed by atoms with Gasteiger partial charge < -0.3 is 63.5 Å². The quantitative estimate of drug-likeness (QED) is 0.0438. The molecule has 68 heavy (non-hydrogen) atoms. The maximum atomic E-state index is 14.1. The van der Waals surface area contributed by atoms with Crippen LogP contribution in [0.3, 0.4) is 0 Å². The lowest BCUT2D eigenvalue weighted by Crippen LogP contribution is -2.61. The van der Waals surface area contributed by atoms with Crippen LogP contribution in [-0.2, 0) is 54.4 Å². The number of hydrogen-bond acceptors (Lipinski definition) is 13. The van der Waals surface area contributed by atoms with E-state index in [4.69, 9.17) is 5.73 Å². The molecule has 0 aromatic carbocycles. The third-order valence-corrected chi connectivity index (χ3v) is 10.9. The lowest BCUT2D eigenvalue weighted by Gasteiger charge is -2.29. The monoisotopic (exact) mass is 982 g/mol. The molecule has 384 valence electrons. The number of hydrogen-bond donors (Lipinski definition) is 12. The van der Waals surface area contributed by atoms with E-state index in [1.807, 2.05) is 6.26 Å². The molecule has 13 N–H and O–H groups in total. The minimum atomic E-state index is -1.74. The molecule has 8 amide bonds. The van der Waals surface area contributed by atoms with Crippen molar-refractivity contribution in [2.24, 2.45) is 29.4 Å². The molecule has 0 spiro atoms. The number of aromatic nitrogens is 2. The Hall–Kier alpha value is -5.78. The van der Waals surface area contributed by atoms with E-state index in [9.17, 15) is 58.2 Å². The summed E-state index contributed by atoms with van der Waals surface area (Å²) >= 11 is 1.43. The number of nitrogens with zero attached hydrogens (tertiary/aromatic N) is 1. The molecule has 0 fully saturated rings. The van der Waals surface area contributed by atoms with E-state index in [0.717, 1.165) is 0 Å². The molecule has 24 heteroatoms. The Morgan fingerprint density at radius 3 is 1.37 bits per heavy atom. The molecular formula is C44H75N11O12S. The van der Waals surface area contributed by atoms with Crippen LogP contribution in [0.25, 0.3) is 0 Å². The second kappa shape index (κ2) is 29.9. The molecule has 23 nitrogen and oxygen atoms in total. The van der Waals surface area contributed by atoms with Gasteiger partial charge in [-0.3, -0.25) is 47.9 Å². The normalized spacial score (nSPS) is 15.4. The van der Waals surface area contributed by atoms with E-state index in [1.54, 1.807) is 55.4 Å². The zero-order chi connectivity index (χ0) is 52.0. The zero-order valence-electron chi connectivity index (χ0n) is 41.0. The number of aliphatic carboxylic acids is 2. The highest BCUT2D eigenvalue weighted by molar-refractivity contribution is 7.98. The summed E-state index contributed by atoms with van der Waals surface area (Å²) in [6.07, 6.45) is 3.89. The molecule has 9 atom stereocenters. The van der Waals surface area contributed by atoms with Gasteiger partial charge in [0.25, 0.3) is 0 Å². The summed E-state index contributed by atoms with van der Waals surface area (Å²) in [5, 5.41) is 39.6. The number of carboxylic acid groups (broad SMARTS) is 2. The van der Waals surface area contributed by atoms with Gasteiger partial charge in [-0.25, -0.2) is 4.98 Å². The topological polar surface area (TPSA) is 362 Å². The first kappa shape index (κ1) is 60.2. The minimum absolute atomic E-state index is 0.00192. The summed E-state index contributed by atoms with van der Waals surface area (Å²) in [6.45, 7) is 16.6. The molecular weight excluding hydrogens is 907 g/mol. The lowest BCUT2D eigenvalue weighted by atomic mass is 9.98. The number of nitrogens with two attached hydrogens (primary N) is 1. The number of carboxylic acids is 2. The number of amides is 8. The van der Waals surface area contributed by atoms with Gasteiger partial charge in [0, 0.05) is 18.3 Å². The Balaban J connectivity index is 3.46. The van der Waals surface area contributed by atoms with Crippen molar-refractivity contribution in [3.8, 4) is 0 Å². The first-order valence-corrected chi connectivity index (χ1v) is 24.2. The summed E-state index contributed by atoms with van der Waals surface area (Å²) in [5.74, 6) is -9.80. The summed E-state index contributed by atoms with van der Waals surface area (Å²) < 4.78 is 0. The fourth-order valence-electron chi connectivity index (χ4n) is 6.64. The van der Waals surface area contributed by atoms with Crippen molar-refractivity contribution in [2.45, 2.75) is 162 Å². The highest BCUT2D eigenvalue weighted by Gasteiger charge is 2.36.